The average molecular weight is 467 g/mol. The van der Waals surface area contributed by atoms with Crippen molar-refractivity contribution >= 4 is 40.8 Å². The second-order valence-corrected chi connectivity index (χ2v) is 6.18. The minimum absolute atomic E-state index is 0. The molecular formula is C19H26IN5O. The molecule has 6 nitrogen and oxygen atoms in total. The van der Waals surface area contributed by atoms with Gasteiger partial charge in [-0.15, -0.1) is 24.0 Å². The average Bonchev–Trinajstić information content (AvgIpc) is 3.10. The predicted octanol–water partition coefficient (Wildman–Crippen LogP) is 3.61. The zero-order valence-electron chi connectivity index (χ0n) is 15.6. The number of aliphatic imine (C=N–C) groups is 1. The van der Waals surface area contributed by atoms with Crippen LogP contribution in [-0.4, -0.2) is 29.7 Å². The first-order valence-corrected chi connectivity index (χ1v) is 8.52. The Labute approximate surface area is 170 Å². The largest absolute Gasteiger partial charge is 0.361 e. The van der Waals surface area contributed by atoms with Crippen LogP contribution < -0.4 is 10.6 Å². The Balaban J connectivity index is 0.00000243. The van der Waals surface area contributed by atoms with Crippen LogP contribution in [-0.2, 0) is 13.0 Å². The number of hydrogen-bond acceptors (Lipinski definition) is 3. The van der Waals surface area contributed by atoms with E-state index in [2.05, 4.69) is 57.0 Å². The van der Waals surface area contributed by atoms with Crippen molar-refractivity contribution in [2.75, 3.05) is 13.6 Å². The molecule has 1 aromatic carbocycles. The lowest BCUT2D eigenvalue weighted by molar-refractivity contribution is 0.392. The number of aromatic amines is 1. The van der Waals surface area contributed by atoms with Crippen molar-refractivity contribution in [1.82, 2.24) is 20.8 Å². The number of aromatic nitrogens is 2. The zero-order chi connectivity index (χ0) is 17.8. The van der Waals surface area contributed by atoms with Crippen LogP contribution in [0.15, 0.2) is 33.8 Å². The molecular weight excluding hydrogens is 441 g/mol. The van der Waals surface area contributed by atoms with Crippen molar-refractivity contribution in [3.05, 3.63) is 52.5 Å². The smallest absolute Gasteiger partial charge is 0.191 e. The first-order valence-electron chi connectivity index (χ1n) is 8.52. The van der Waals surface area contributed by atoms with Crippen LogP contribution in [0.3, 0.4) is 0 Å². The Morgan fingerprint density at radius 2 is 1.92 bits per heavy atom. The quantitative estimate of drug-likeness (QED) is 0.305. The van der Waals surface area contributed by atoms with E-state index in [1.807, 2.05) is 13.8 Å². The van der Waals surface area contributed by atoms with Gasteiger partial charge in [0.05, 0.1) is 5.69 Å². The van der Waals surface area contributed by atoms with Gasteiger partial charge in [0.2, 0.25) is 0 Å². The first kappa shape index (κ1) is 20.3. The summed E-state index contributed by atoms with van der Waals surface area (Å²) in [7, 11) is 1.78. The minimum atomic E-state index is 0. The van der Waals surface area contributed by atoms with E-state index in [9.17, 15) is 0 Å². The normalized spacial score (nSPS) is 11.5. The molecule has 0 aliphatic carbocycles. The lowest BCUT2D eigenvalue weighted by Gasteiger charge is -2.12. The van der Waals surface area contributed by atoms with Crippen LogP contribution in [0.2, 0.25) is 0 Å². The minimum Gasteiger partial charge on any atom is -0.361 e. The molecule has 0 fully saturated rings. The molecule has 0 saturated heterocycles. The molecule has 0 radical (unpaired) electrons. The summed E-state index contributed by atoms with van der Waals surface area (Å²) in [6.45, 7) is 7.45. The predicted molar refractivity (Wildman–Crippen MR) is 116 cm³/mol. The number of nitrogens with zero attached hydrogens (tertiary/aromatic N) is 2. The van der Waals surface area contributed by atoms with Gasteiger partial charge in [-0.3, -0.25) is 4.99 Å². The van der Waals surface area contributed by atoms with E-state index >= 15 is 0 Å². The van der Waals surface area contributed by atoms with Gasteiger partial charge in [0, 0.05) is 42.3 Å². The third-order valence-electron chi connectivity index (χ3n) is 4.53. The van der Waals surface area contributed by atoms with Gasteiger partial charge in [0.1, 0.15) is 5.76 Å². The lowest BCUT2D eigenvalue weighted by atomic mass is 10.1. The summed E-state index contributed by atoms with van der Waals surface area (Å²) in [6.07, 6.45) is 0.932. The highest BCUT2D eigenvalue weighted by Crippen LogP contribution is 2.21. The molecule has 26 heavy (non-hydrogen) atoms. The van der Waals surface area contributed by atoms with Crippen molar-refractivity contribution in [1.29, 1.82) is 0 Å². The van der Waals surface area contributed by atoms with Gasteiger partial charge in [-0.1, -0.05) is 23.4 Å². The maximum absolute atomic E-state index is 5.19. The maximum atomic E-state index is 5.19. The van der Waals surface area contributed by atoms with Crippen molar-refractivity contribution < 1.29 is 4.52 Å². The van der Waals surface area contributed by atoms with E-state index in [0.29, 0.717) is 6.54 Å². The summed E-state index contributed by atoms with van der Waals surface area (Å²) < 4.78 is 5.19. The third kappa shape index (κ3) is 4.38. The van der Waals surface area contributed by atoms with Crippen LogP contribution in [0.25, 0.3) is 10.9 Å². The molecule has 0 aliphatic rings. The second kappa shape index (κ2) is 9.07. The van der Waals surface area contributed by atoms with E-state index in [4.69, 9.17) is 4.52 Å². The van der Waals surface area contributed by atoms with E-state index in [-0.39, 0.29) is 24.0 Å². The Morgan fingerprint density at radius 3 is 2.62 bits per heavy atom. The van der Waals surface area contributed by atoms with Crippen molar-refractivity contribution in [3.63, 3.8) is 0 Å². The molecule has 3 rings (SSSR count). The standard InChI is InChI=1S/C19H25N5O.HI/c1-12-15(16-7-5-6-8-18(16)23-12)9-10-21-19(20-4)22-11-17-13(2)24-25-14(17)3;/h5-8,23H,9-11H2,1-4H3,(H2,20,21,22);1H. The number of rotatable bonds is 5. The Morgan fingerprint density at radius 1 is 1.15 bits per heavy atom. The number of H-pyrrole nitrogens is 1. The monoisotopic (exact) mass is 467 g/mol. The fourth-order valence-electron chi connectivity index (χ4n) is 3.11. The zero-order valence-corrected chi connectivity index (χ0v) is 18.0. The number of nitrogens with one attached hydrogen (secondary N) is 3. The van der Waals surface area contributed by atoms with Gasteiger partial charge in [-0.25, -0.2) is 0 Å². The fraction of sp³-hybridized carbons (Fsp3) is 0.368. The van der Waals surface area contributed by atoms with Crippen LogP contribution in [0, 0.1) is 20.8 Å². The molecule has 0 bridgehead atoms. The van der Waals surface area contributed by atoms with Crippen LogP contribution >= 0.6 is 24.0 Å². The first-order chi connectivity index (χ1) is 12.1. The molecule has 0 atom stereocenters. The number of guanidine groups is 1. The number of fused-ring (bicyclic) bond motifs is 1. The van der Waals surface area contributed by atoms with E-state index in [0.717, 1.165) is 35.9 Å². The number of para-hydroxylation sites is 1. The number of hydrogen-bond donors (Lipinski definition) is 3. The Kier molecular flexibility index (Phi) is 7.07. The Hall–Kier alpha value is -2.03. The maximum Gasteiger partial charge on any atom is 0.191 e. The van der Waals surface area contributed by atoms with Crippen molar-refractivity contribution in [2.45, 2.75) is 33.7 Å². The summed E-state index contributed by atoms with van der Waals surface area (Å²) in [5.41, 5.74) is 5.76. The highest BCUT2D eigenvalue weighted by molar-refractivity contribution is 14.0. The second-order valence-electron chi connectivity index (χ2n) is 6.18. The fourth-order valence-corrected chi connectivity index (χ4v) is 3.11. The summed E-state index contributed by atoms with van der Waals surface area (Å²) in [6, 6.07) is 8.42. The summed E-state index contributed by atoms with van der Waals surface area (Å²) in [4.78, 5) is 7.73. The van der Waals surface area contributed by atoms with Crippen LogP contribution in [0.1, 0.15) is 28.3 Å². The van der Waals surface area contributed by atoms with Gasteiger partial charge in [0.25, 0.3) is 0 Å². The molecule has 0 spiro atoms. The van der Waals surface area contributed by atoms with Crippen molar-refractivity contribution in [3.8, 4) is 0 Å². The van der Waals surface area contributed by atoms with E-state index < -0.39 is 0 Å². The molecule has 2 aromatic heterocycles. The molecule has 0 amide bonds. The Bertz CT molecular complexity index is 877. The summed E-state index contributed by atoms with van der Waals surface area (Å²) in [5.74, 6) is 1.62. The molecule has 0 unspecified atom stereocenters. The van der Waals surface area contributed by atoms with Gasteiger partial charge >= 0.3 is 0 Å². The van der Waals surface area contributed by atoms with Gasteiger partial charge in [-0.05, 0) is 38.8 Å². The topological polar surface area (TPSA) is 78.2 Å². The summed E-state index contributed by atoms with van der Waals surface area (Å²) >= 11 is 0. The van der Waals surface area contributed by atoms with Gasteiger partial charge in [0.15, 0.2) is 5.96 Å². The van der Waals surface area contributed by atoms with Gasteiger partial charge < -0.3 is 20.1 Å². The summed E-state index contributed by atoms with van der Waals surface area (Å²) in [5, 5.41) is 12.0. The number of halogens is 1. The lowest BCUT2D eigenvalue weighted by Crippen LogP contribution is -2.38. The van der Waals surface area contributed by atoms with Crippen LogP contribution in [0.4, 0.5) is 0 Å². The molecule has 3 aromatic rings. The molecule has 0 aliphatic heterocycles. The van der Waals surface area contributed by atoms with Crippen molar-refractivity contribution in [2.24, 2.45) is 4.99 Å². The van der Waals surface area contributed by atoms with Crippen LogP contribution in [0.5, 0.6) is 0 Å². The van der Waals surface area contributed by atoms with E-state index in [1.165, 1.54) is 22.2 Å². The van der Waals surface area contributed by atoms with E-state index in [1.54, 1.807) is 7.05 Å². The molecule has 140 valence electrons. The number of benzene rings is 1. The SMILES string of the molecule is CN=C(NCCc1c(C)[nH]c2ccccc12)NCc1c(C)noc1C.I. The molecule has 7 heteroatoms. The van der Waals surface area contributed by atoms with Gasteiger partial charge in [-0.2, -0.15) is 0 Å². The number of aryl methyl sites for hydroxylation is 3. The molecule has 3 N–H and O–H groups in total. The molecule has 0 saturated carbocycles. The highest BCUT2D eigenvalue weighted by Gasteiger charge is 2.10. The molecule has 2 heterocycles. The highest BCUT2D eigenvalue weighted by atomic mass is 127. The third-order valence-corrected chi connectivity index (χ3v) is 4.53.